The smallest absolute Gasteiger partial charge is 0.165 e. The molecule has 0 saturated carbocycles. The summed E-state index contributed by atoms with van der Waals surface area (Å²) in [7, 11) is 0. The minimum atomic E-state index is -0.234. The van der Waals surface area contributed by atoms with Gasteiger partial charge in [0.25, 0.3) is 0 Å². The Labute approximate surface area is 151 Å². The van der Waals surface area contributed by atoms with E-state index in [2.05, 4.69) is 44.7 Å². The third-order valence-corrected chi connectivity index (χ3v) is 4.43. The molecule has 1 aliphatic heterocycles. The Morgan fingerprint density at radius 2 is 1.72 bits per heavy atom. The number of hydrogen-bond acceptors (Lipinski definition) is 4. The number of rotatable bonds is 4. The molecule has 5 nitrogen and oxygen atoms in total. The van der Waals surface area contributed by atoms with E-state index in [0.717, 1.165) is 30.9 Å². The molecule has 0 N–H and O–H groups in total. The quantitative estimate of drug-likeness (QED) is 0.626. The monoisotopic (exact) mass is 358 g/mol. The zero-order chi connectivity index (χ0) is 16.4. The predicted molar refractivity (Wildman–Crippen MR) is 87.6 cm³/mol. The van der Waals surface area contributed by atoms with Crippen LogP contribution in [0, 0.1) is 5.82 Å². The lowest BCUT2D eigenvalue weighted by molar-refractivity contribution is -0.00000568. The van der Waals surface area contributed by atoms with Crippen molar-refractivity contribution >= 4 is 0 Å². The molecule has 0 saturated heterocycles. The largest absolute Gasteiger partial charge is 1.00 e. The average molecular weight is 359 g/mol. The van der Waals surface area contributed by atoms with Gasteiger partial charge in [-0.1, -0.05) is 36.4 Å². The first-order valence-corrected chi connectivity index (χ1v) is 8.06. The second kappa shape index (κ2) is 7.72. The van der Waals surface area contributed by atoms with Gasteiger partial charge in [-0.2, -0.15) is 0 Å². The van der Waals surface area contributed by atoms with Crippen LogP contribution in [0.1, 0.15) is 22.5 Å². The van der Waals surface area contributed by atoms with Gasteiger partial charge in [0.1, 0.15) is 5.82 Å². The minimum Gasteiger partial charge on any atom is -1.00 e. The fraction of sp³-hybridized carbons (Fsp3) is 0.278. The van der Waals surface area contributed by atoms with Crippen LogP contribution < -0.4 is 12.4 Å². The van der Waals surface area contributed by atoms with E-state index >= 15 is 0 Å². The summed E-state index contributed by atoms with van der Waals surface area (Å²) in [6.07, 6.45) is 1.05. The van der Waals surface area contributed by atoms with Gasteiger partial charge in [0, 0.05) is 13.1 Å². The number of benzene rings is 2. The molecule has 3 aromatic rings. The van der Waals surface area contributed by atoms with E-state index in [4.69, 9.17) is 0 Å². The summed E-state index contributed by atoms with van der Waals surface area (Å²) in [5, 5.41) is 12.1. The maximum Gasteiger partial charge on any atom is 0.165 e. The standard InChI is InChI=1S/C18H18FN5.ClH/c19-17-7-5-14(6-8-17)11-24-18(20-21-22-24)13-23-10-9-15-3-1-2-4-16(15)12-23;/h1-8H,9-13H2;1H/p-1. The molecule has 25 heavy (non-hydrogen) atoms. The predicted octanol–water partition coefficient (Wildman–Crippen LogP) is -0.577. The second-order valence-corrected chi connectivity index (χ2v) is 6.11. The number of aromatic nitrogens is 4. The molecular weight excluding hydrogens is 341 g/mol. The third-order valence-electron chi connectivity index (χ3n) is 4.43. The first kappa shape index (κ1) is 17.5. The van der Waals surface area contributed by atoms with Gasteiger partial charge in [0.2, 0.25) is 0 Å². The van der Waals surface area contributed by atoms with Gasteiger partial charge in [0.15, 0.2) is 5.82 Å². The highest BCUT2D eigenvalue weighted by Crippen LogP contribution is 2.19. The highest BCUT2D eigenvalue weighted by Gasteiger charge is 2.18. The van der Waals surface area contributed by atoms with E-state index in [-0.39, 0.29) is 18.2 Å². The van der Waals surface area contributed by atoms with Crippen molar-refractivity contribution in [3.05, 3.63) is 76.9 Å². The molecule has 130 valence electrons. The van der Waals surface area contributed by atoms with Crippen molar-refractivity contribution in [3.8, 4) is 0 Å². The Balaban J connectivity index is 0.00000182. The normalized spacial score (nSPS) is 14.0. The molecule has 2 heterocycles. The van der Waals surface area contributed by atoms with Gasteiger partial charge in [-0.25, -0.2) is 9.07 Å². The minimum absolute atomic E-state index is 0. The second-order valence-electron chi connectivity index (χ2n) is 6.11. The molecule has 0 unspecified atom stereocenters. The van der Waals surface area contributed by atoms with Crippen LogP contribution in [-0.4, -0.2) is 31.7 Å². The molecule has 4 rings (SSSR count). The van der Waals surface area contributed by atoms with Crippen molar-refractivity contribution in [1.29, 1.82) is 0 Å². The Morgan fingerprint density at radius 1 is 0.960 bits per heavy atom. The zero-order valence-electron chi connectivity index (χ0n) is 13.6. The molecule has 0 atom stereocenters. The van der Waals surface area contributed by atoms with Crippen molar-refractivity contribution in [3.63, 3.8) is 0 Å². The van der Waals surface area contributed by atoms with E-state index in [0.29, 0.717) is 13.1 Å². The topological polar surface area (TPSA) is 46.8 Å². The van der Waals surface area contributed by atoms with E-state index in [1.54, 1.807) is 16.8 Å². The fourth-order valence-electron chi connectivity index (χ4n) is 3.11. The summed E-state index contributed by atoms with van der Waals surface area (Å²) in [5.41, 5.74) is 3.79. The number of halogens is 2. The van der Waals surface area contributed by atoms with Crippen LogP contribution in [0.15, 0.2) is 48.5 Å². The highest BCUT2D eigenvalue weighted by molar-refractivity contribution is 5.29. The first-order valence-electron chi connectivity index (χ1n) is 8.06. The first-order chi connectivity index (χ1) is 11.8. The molecule has 0 aliphatic carbocycles. The molecule has 1 aliphatic rings. The Bertz CT molecular complexity index is 833. The van der Waals surface area contributed by atoms with E-state index in [9.17, 15) is 4.39 Å². The van der Waals surface area contributed by atoms with Crippen LogP contribution in [0.4, 0.5) is 4.39 Å². The lowest BCUT2D eigenvalue weighted by atomic mass is 10.00. The van der Waals surface area contributed by atoms with Gasteiger partial charge < -0.3 is 12.4 Å². The van der Waals surface area contributed by atoms with Gasteiger partial charge in [-0.05, 0) is 45.7 Å². The Kier molecular flexibility index (Phi) is 5.40. The van der Waals surface area contributed by atoms with Gasteiger partial charge in [-0.15, -0.1) is 5.10 Å². The van der Waals surface area contributed by atoms with Crippen molar-refractivity contribution in [2.24, 2.45) is 0 Å². The van der Waals surface area contributed by atoms with E-state index in [1.165, 1.54) is 23.3 Å². The summed E-state index contributed by atoms with van der Waals surface area (Å²) in [5.74, 6) is 0.598. The van der Waals surface area contributed by atoms with E-state index < -0.39 is 0 Å². The summed E-state index contributed by atoms with van der Waals surface area (Å²) < 4.78 is 14.8. The number of hydrogen-bond donors (Lipinski definition) is 0. The molecule has 0 fully saturated rings. The van der Waals surface area contributed by atoms with Crippen LogP contribution in [0.2, 0.25) is 0 Å². The average Bonchev–Trinajstić information content (AvgIpc) is 3.04. The lowest BCUT2D eigenvalue weighted by Gasteiger charge is -2.28. The third kappa shape index (κ3) is 4.03. The molecule has 7 heteroatoms. The van der Waals surface area contributed by atoms with Crippen molar-refractivity contribution in [1.82, 2.24) is 25.1 Å². The summed E-state index contributed by atoms with van der Waals surface area (Å²) >= 11 is 0. The molecule has 0 amide bonds. The van der Waals surface area contributed by atoms with Crippen molar-refractivity contribution in [2.75, 3.05) is 6.54 Å². The number of nitrogens with zero attached hydrogens (tertiary/aromatic N) is 5. The van der Waals surface area contributed by atoms with Crippen LogP contribution in [0.25, 0.3) is 0 Å². The molecular formula is C18H18ClFN5-. The maximum absolute atomic E-state index is 13.0. The fourth-order valence-corrected chi connectivity index (χ4v) is 3.11. The Hall–Kier alpha value is -2.31. The van der Waals surface area contributed by atoms with E-state index in [1.807, 2.05) is 0 Å². The summed E-state index contributed by atoms with van der Waals surface area (Å²) in [6, 6.07) is 15.0. The SMILES string of the molecule is Fc1ccc(Cn2nnnc2CN2CCc3ccccc3C2)cc1.[Cl-]. The van der Waals surface area contributed by atoms with Crippen LogP contribution in [0.3, 0.4) is 0 Å². The highest BCUT2D eigenvalue weighted by atomic mass is 35.5. The van der Waals surface area contributed by atoms with Crippen LogP contribution >= 0.6 is 0 Å². The molecule has 1 aromatic heterocycles. The number of fused-ring (bicyclic) bond motifs is 1. The molecule has 0 spiro atoms. The Morgan fingerprint density at radius 3 is 2.52 bits per heavy atom. The summed E-state index contributed by atoms with van der Waals surface area (Å²) in [6.45, 7) is 3.18. The van der Waals surface area contributed by atoms with Gasteiger partial charge >= 0.3 is 0 Å². The van der Waals surface area contributed by atoms with Gasteiger partial charge in [0.05, 0.1) is 13.1 Å². The van der Waals surface area contributed by atoms with Crippen LogP contribution in [-0.2, 0) is 26.1 Å². The lowest BCUT2D eigenvalue weighted by Crippen LogP contribution is -3.00. The zero-order valence-corrected chi connectivity index (χ0v) is 14.4. The number of tetrazole rings is 1. The summed E-state index contributed by atoms with van der Waals surface area (Å²) in [4.78, 5) is 2.36. The van der Waals surface area contributed by atoms with Crippen molar-refractivity contribution < 1.29 is 16.8 Å². The molecule has 2 aromatic carbocycles. The van der Waals surface area contributed by atoms with Gasteiger partial charge in [-0.3, -0.25) is 4.90 Å². The van der Waals surface area contributed by atoms with Crippen LogP contribution in [0.5, 0.6) is 0 Å². The maximum atomic E-state index is 13.0. The molecule has 0 bridgehead atoms. The molecule has 0 radical (unpaired) electrons. The van der Waals surface area contributed by atoms with Crippen molar-refractivity contribution in [2.45, 2.75) is 26.1 Å².